The molecule has 0 aliphatic heterocycles. The Hall–Kier alpha value is -1.99. The van der Waals surface area contributed by atoms with Gasteiger partial charge in [-0.2, -0.15) is 25.3 Å². The van der Waals surface area contributed by atoms with Crippen molar-refractivity contribution in [1.82, 2.24) is 16.0 Å². The average molecular weight is 452 g/mol. The first-order valence-corrected chi connectivity index (χ1v) is 10.1. The molecule has 0 spiro atoms. The molecule has 0 rings (SSSR count). The van der Waals surface area contributed by atoms with Crippen molar-refractivity contribution in [3.8, 4) is 0 Å². The molecule has 13 heteroatoms. The summed E-state index contributed by atoms with van der Waals surface area (Å²) in [7, 11) is 0. The molecule has 0 fully saturated rings. The van der Waals surface area contributed by atoms with Crippen LogP contribution >= 0.6 is 25.3 Å². The third kappa shape index (κ3) is 9.37. The number of amides is 4. The highest BCUT2D eigenvalue weighted by atomic mass is 32.1. The summed E-state index contributed by atoms with van der Waals surface area (Å²) in [5.41, 5.74) is 10.8. The van der Waals surface area contributed by atoms with E-state index in [0.29, 0.717) is 6.42 Å². The van der Waals surface area contributed by atoms with Crippen molar-refractivity contribution in [3.63, 3.8) is 0 Å². The van der Waals surface area contributed by atoms with Gasteiger partial charge in [0.05, 0.1) is 12.5 Å². The molecule has 0 bridgehead atoms. The molecule has 5 unspecified atom stereocenters. The zero-order valence-electron chi connectivity index (χ0n) is 16.3. The first-order valence-electron chi connectivity index (χ1n) is 8.87. The number of rotatable bonds is 13. The lowest BCUT2D eigenvalue weighted by Gasteiger charge is -2.24. The summed E-state index contributed by atoms with van der Waals surface area (Å²) in [6.45, 7) is 3.67. The monoisotopic (exact) mass is 451 g/mol. The number of nitrogens with one attached hydrogen (secondary N) is 3. The fraction of sp³-hybridized carbons (Fsp3) is 0.688. The van der Waals surface area contributed by atoms with Crippen LogP contribution < -0.4 is 27.4 Å². The predicted octanol–water partition coefficient (Wildman–Crippen LogP) is -2.37. The van der Waals surface area contributed by atoms with Crippen LogP contribution in [0.1, 0.15) is 26.7 Å². The van der Waals surface area contributed by atoms with Crippen LogP contribution in [0.15, 0.2) is 0 Å². The topological polar surface area (TPSA) is 194 Å². The first-order chi connectivity index (χ1) is 13.5. The van der Waals surface area contributed by atoms with E-state index >= 15 is 0 Å². The molecule has 0 aromatic rings. The quantitative estimate of drug-likeness (QED) is 0.143. The molecule has 0 saturated carbocycles. The summed E-state index contributed by atoms with van der Waals surface area (Å²) in [4.78, 5) is 58.9. The second-order valence-electron chi connectivity index (χ2n) is 6.47. The van der Waals surface area contributed by atoms with Gasteiger partial charge in [-0.1, -0.05) is 20.3 Å². The smallest absolute Gasteiger partial charge is 0.326 e. The van der Waals surface area contributed by atoms with Crippen molar-refractivity contribution in [2.75, 3.05) is 11.5 Å². The summed E-state index contributed by atoms with van der Waals surface area (Å²) in [5, 5.41) is 16.0. The number of hydrogen-bond acceptors (Lipinski definition) is 8. The normalized spacial score (nSPS) is 15.9. The van der Waals surface area contributed by atoms with Crippen molar-refractivity contribution in [3.05, 3.63) is 0 Å². The van der Waals surface area contributed by atoms with Gasteiger partial charge in [0.1, 0.15) is 18.1 Å². The summed E-state index contributed by atoms with van der Waals surface area (Å²) >= 11 is 8.00. The van der Waals surface area contributed by atoms with E-state index in [2.05, 4.69) is 41.2 Å². The number of carbonyl (C=O) groups excluding carboxylic acids is 4. The van der Waals surface area contributed by atoms with Crippen LogP contribution in [0.2, 0.25) is 0 Å². The Kier molecular flexibility index (Phi) is 12.4. The maximum atomic E-state index is 12.4. The Morgan fingerprint density at radius 2 is 1.31 bits per heavy atom. The van der Waals surface area contributed by atoms with Crippen LogP contribution in [0, 0.1) is 5.92 Å². The second-order valence-corrected chi connectivity index (χ2v) is 7.20. The molecule has 0 aliphatic carbocycles. The number of carbonyl (C=O) groups is 5. The molecule has 0 saturated heterocycles. The third-order valence-corrected chi connectivity index (χ3v) is 4.94. The van der Waals surface area contributed by atoms with E-state index in [1.807, 2.05) is 6.92 Å². The van der Waals surface area contributed by atoms with Gasteiger partial charge in [0.25, 0.3) is 0 Å². The van der Waals surface area contributed by atoms with Crippen LogP contribution in [-0.2, 0) is 24.0 Å². The van der Waals surface area contributed by atoms with E-state index in [-0.39, 0.29) is 17.4 Å². The Morgan fingerprint density at radius 3 is 1.66 bits per heavy atom. The molecule has 166 valence electrons. The minimum Gasteiger partial charge on any atom is -0.480 e. The van der Waals surface area contributed by atoms with Gasteiger partial charge in [-0.05, 0) is 5.92 Å². The van der Waals surface area contributed by atoms with Crippen LogP contribution in [0.25, 0.3) is 0 Å². The number of nitrogens with two attached hydrogens (primary N) is 2. The summed E-state index contributed by atoms with van der Waals surface area (Å²) in [6.07, 6.45) is 0.0569. The minimum atomic E-state index is -1.55. The van der Waals surface area contributed by atoms with Crippen molar-refractivity contribution in [1.29, 1.82) is 0 Å². The Balaban J connectivity index is 5.04. The molecule has 0 aromatic heterocycles. The zero-order valence-corrected chi connectivity index (χ0v) is 18.0. The van der Waals surface area contributed by atoms with E-state index in [0.717, 1.165) is 0 Å². The second kappa shape index (κ2) is 13.3. The number of carboxylic acids is 1. The lowest BCUT2D eigenvalue weighted by Crippen LogP contribution is -2.58. The molecular formula is C16H29N5O6S2. The van der Waals surface area contributed by atoms with Gasteiger partial charge in [-0.3, -0.25) is 19.2 Å². The third-order valence-electron chi connectivity index (χ3n) is 4.21. The summed E-state index contributed by atoms with van der Waals surface area (Å²) < 4.78 is 0. The van der Waals surface area contributed by atoms with Gasteiger partial charge >= 0.3 is 5.97 Å². The summed E-state index contributed by atoms with van der Waals surface area (Å²) in [6, 6.07) is -4.66. The molecule has 8 N–H and O–H groups in total. The molecule has 4 amide bonds. The fourth-order valence-electron chi connectivity index (χ4n) is 2.11. The van der Waals surface area contributed by atoms with Crippen molar-refractivity contribution in [2.24, 2.45) is 17.4 Å². The molecular weight excluding hydrogens is 422 g/mol. The maximum Gasteiger partial charge on any atom is 0.326 e. The standard InChI is InChI=1S/C16H29N5O6S2/c1-3-7(2)12(18)15(25)21-10(6-29)14(24)20-9(5-28)13(23)19-8(16(26)27)4-11(17)22/h7-10,12,28-29H,3-6,18H2,1-2H3,(H2,17,22)(H,19,23)(H,20,24)(H,21,25)(H,26,27). The number of aliphatic carboxylic acids is 1. The Morgan fingerprint density at radius 1 is 0.897 bits per heavy atom. The molecule has 11 nitrogen and oxygen atoms in total. The molecule has 5 atom stereocenters. The predicted molar refractivity (Wildman–Crippen MR) is 112 cm³/mol. The molecule has 0 aromatic carbocycles. The van der Waals surface area contributed by atoms with E-state index < -0.39 is 60.2 Å². The van der Waals surface area contributed by atoms with Crippen molar-refractivity contribution >= 4 is 54.9 Å². The fourth-order valence-corrected chi connectivity index (χ4v) is 2.63. The number of carboxylic acid groups (broad SMARTS) is 1. The van der Waals surface area contributed by atoms with Gasteiger partial charge in [0, 0.05) is 11.5 Å². The molecule has 29 heavy (non-hydrogen) atoms. The summed E-state index contributed by atoms with van der Waals surface area (Å²) in [5.74, 6) is -4.84. The highest BCUT2D eigenvalue weighted by molar-refractivity contribution is 7.80. The number of thiol groups is 2. The van der Waals surface area contributed by atoms with Crippen LogP contribution in [0.4, 0.5) is 0 Å². The van der Waals surface area contributed by atoms with Crippen molar-refractivity contribution in [2.45, 2.75) is 50.9 Å². The molecule has 0 radical (unpaired) electrons. The highest BCUT2D eigenvalue weighted by Crippen LogP contribution is 2.06. The largest absolute Gasteiger partial charge is 0.480 e. The SMILES string of the molecule is CCC(C)C(N)C(=O)NC(CS)C(=O)NC(CS)C(=O)NC(CC(N)=O)C(=O)O. The first kappa shape index (κ1) is 27.0. The average Bonchev–Trinajstić information content (AvgIpc) is 2.67. The Labute approximate surface area is 179 Å². The van der Waals surface area contributed by atoms with Gasteiger partial charge in [-0.15, -0.1) is 0 Å². The van der Waals surface area contributed by atoms with Gasteiger partial charge in [0.2, 0.25) is 23.6 Å². The minimum absolute atomic E-state index is 0.0643. The van der Waals surface area contributed by atoms with Crippen LogP contribution in [0.3, 0.4) is 0 Å². The van der Waals surface area contributed by atoms with Crippen LogP contribution in [0.5, 0.6) is 0 Å². The molecule has 0 heterocycles. The lowest BCUT2D eigenvalue weighted by molar-refractivity contribution is -0.143. The van der Waals surface area contributed by atoms with Gasteiger partial charge < -0.3 is 32.5 Å². The zero-order chi connectivity index (χ0) is 22.7. The Bertz CT molecular complexity index is 621. The van der Waals surface area contributed by atoms with Gasteiger partial charge in [-0.25, -0.2) is 4.79 Å². The number of primary amides is 1. The number of hydrogen-bond donors (Lipinski definition) is 8. The van der Waals surface area contributed by atoms with Gasteiger partial charge in [0.15, 0.2) is 0 Å². The highest BCUT2D eigenvalue weighted by Gasteiger charge is 2.30. The van der Waals surface area contributed by atoms with E-state index in [1.165, 1.54) is 0 Å². The van der Waals surface area contributed by atoms with E-state index in [4.69, 9.17) is 16.6 Å². The van der Waals surface area contributed by atoms with Crippen molar-refractivity contribution < 1.29 is 29.1 Å². The van der Waals surface area contributed by atoms with E-state index in [1.54, 1.807) is 6.92 Å². The molecule has 0 aliphatic rings. The lowest BCUT2D eigenvalue weighted by atomic mass is 9.99. The van der Waals surface area contributed by atoms with E-state index in [9.17, 15) is 24.0 Å². The maximum absolute atomic E-state index is 12.4. The van der Waals surface area contributed by atoms with Crippen LogP contribution in [-0.4, -0.2) is 70.4 Å².